The maximum Gasteiger partial charge on any atom is 0.224 e. The second-order valence-corrected chi connectivity index (χ2v) is 7.09. The normalized spacial score (nSPS) is 21.7. The summed E-state index contributed by atoms with van der Waals surface area (Å²) in [6.07, 6.45) is 1.86. The van der Waals surface area contributed by atoms with E-state index in [1.165, 1.54) is 0 Å². The van der Waals surface area contributed by atoms with Crippen LogP contribution in [0.2, 0.25) is 0 Å². The third-order valence-corrected chi connectivity index (χ3v) is 5.85. The maximum absolute atomic E-state index is 11.5. The van der Waals surface area contributed by atoms with Crippen LogP contribution >= 0.6 is 15.9 Å². The van der Waals surface area contributed by atoms with Crippen LogP contribution in [0.5, 0.6) is 0 Å². The molecule has 0 spiro atoms. The fourth-order valence-electron chi connectivity index (χ4n) is 1.71. The Morgan fingerprint density at radius 1 is 1.36 bits per heavy atom. The summed E-state index contributed by atoms with van der Waals surface area (Å²) in [7, 11) is 1.04. The smallest absolute Gasteiger partial charge is 0.224 e. The van der Waals surface area contributed by atoms with Crippen molar-refractivity contribution in [2.75, 3.05) is 31.8 Å². The van der Waals surface area contributed by atoms with Crippen LogP contribution in [0, 0.1) is 0 Å². The van der Waals surface area contributed by atoms with Crippen LogP contribution < -0.4 is 0 Å². The first-order valence-electron chi connectivity index (χ1n) is 4.67. The molecule has 0 aromatic carbocycles. The monoisotopic (exact) mass is 284 g/mol. The highest BCUT2D eigenvalue weighted by Crippen LogP contribution is 2.17. The molecule has 1 rings (SSSR count). The highest BCUT2D eigenvalue weighted by molar-refractivity contribution is 9.10. The Balaban J connectivity index is 2.52. The van der Waals surface area contributed by atoms with Gasteiger partial charge in [-0.15, -0.1) is 0 Å². The molecule has 84 valence electrons. The Kier molecular flexibility index (Phi) is 4.36. The van der Waals surface area contributed by atoms with E-state index in [0.29, 0.717) is 19.1 Å². The lowest BCUT2D eigenvalue weighted by Gasteiger charge is -2.34. The molecule has 0 radical (unpaired) electrons. The minimum Gasteiger partial charge on any atom is -0.306 e. The van der Waals surface area contributed by atoms with Crippen molar-refractivity contribution >= 4 is 26.0 Å². The van der Waals surface area contributed by atoms with Gasteiger partial charge in [-0.25, -0.2) is 12.7 Å². The van der Waals surface area contributed by atoms with E-state index in [9.17, 15) is 8.42 Å². The van der Waals surface area contributed by atoms with Crippen LogP contribution in [0.1, 0.15) is 12.8 Å². The van der Waals surface area contributed by atoms with Gasteiger partial charge in [-0.2, -0.15) is 0 Å². The van der Waals surface area contributed by atoms with E-state index in [1.54, 1.807) is 4.31 Å². The molecule has 0 atom stereocenters. The molecule has 1 fully saturated rings. The molecule has 4 nitrogen and oxygen atoms in total. The molecule has 1 saturated heterocycles. The molecule has 1 heterocycles. The molecule has 0 saturated carbocycles. The average Bonchev–Trinajstić information content (AvgIpc) is 2.18. The van der Waals surface area contributed by atoms with Gasteiger partial charge in [0.1, 0.15) is 4.66 Å². The summed E-state index contributed by atoms with van der Waals surface area (Å²) in [4.78, 5) is 2.16. The van der Waals surface area contributed by atoms with Gasteiger partial charge in [0.2, 0.25) is 10.0 Å². The van der Waals surface area contributed by atoms with Gasteiger partial charge in [0.15, 0.2) is 0 Å². The summed E-state index contributed by atoms with van der Waals surface area (Å²) in [5, 5.41) is 0. The molecule has 6 heteroatoms. The van der Waals surface area contributed by atoms with Crippen molar-refractivity contribution in [2.24, 2.45) is 0 Å². The number of alkyl halides is 1. The van der Waals surface area contributed by atoms with Crippen molar-refractivity contribution < 1.29 is 8.42 Å². The summed E-state index contributed by atoms with van der Waals surface area (Å²) in [5.41, 5.74) is 0. The van der Waals surface area contributed by atoms with E-state index in [1.807, 2.05) is 14.1 Å². The molecule has 1 aliphatic heterocycles. The Morgan fingerprint density at radius 3 is 2.21 bits per heavy atom. The summed E-state index contributed by atoms with van der Waals surface area (Å²) < 4.78 is 24.6. The van der Waals surface area contributed by atoms with Crippen molar-refractivity contribution in [3.8, 4) is 0 Å². The SMILES string of the molecule is CN(C)C1CCN(S(=O)(=O)CBr)CC1. The van der Waals surface area contributed by atoms with Gasteiger partial charge in [-0.05, 0) is 26.9 Å². The lowest BCUT2D eigenvalue weighted by atomic mass is 10.1. The quantitative estimate of drug-likeness (QED) is 0.717. The number of piperidine rings is 1. The molecule has 0 aromatic rings. The van der Waals surface area contributed by atoms with E-state index in [4.69, 9.17) is 0 Å². The second kappa shape index (κ2) is 4.92. The molecule has 1 aliphatic rings. The summed E-state index contributed by atoms with van der Waals surface area (Å²) in [6, 6.07) is 0.525. The highest BCUT2D eigenvalue weighted by Gasteiger charge is 2.27. The Labute approximate surface area is 94.4 Å². The van der Waals surface area contributed by atoms with Crippen LogP contribution in [0.3, 0.4) is 0 Å². The van der Waals surface area contributed by atoms with E-state index in [-0.39, 0.29) is 4.66 Å². The number of hydrogen-bond donors (Lipinski definition) is 0. The number of hydrogen-bond acceptors (Lipinski definition) is 3. The maximum atomic E-state index is 11.5. The highest BCUT2D eigenvalue weighted by atomic mass is 79.9. The minimum absolute atomic E-state index is 0.0344. The molecule has 0 bridgehead atoms. The summed E-state index contributed by atoms with van der Waals surface area (Å²) in [6.45, 7) is 1.30. The zero-order valence-corrected chi connectivity index (χ0v) is 11.0. The van der Waals surface area contributed by atoms with E-state index in [2.05, 4.69) is 20.8 Å². The zero-order valence-electron chi connectivity index (χ0n) is 8.61. The van der Waals surface area contributed by atoms with Gasteiger partial charge in [0, 0.05) is 19.1 Å². The fourth-order valence-corrected chi connectivity index (χ4v) is 3.48. The Morgan fingerprint density at radius 2 is 1.86 bits per heavy atom. The van der Waals surface area contributed by atoms with Crippen molar-refractivity contribution in [1.29, 1.82) is 0 Å². The average molecular weight is 285 g/mol. The van der Waals surface area contributed by atoms with Crippen molar-refractivity contribution in [3.05, 3.63) is 0 Å². The zero-order chi connectivity index (χ0) is 10.8. The molecule has 0 amide bonds. The van der Waals surface area contributed by atoms with Crippen LogP contribution in [-0.4, -0.2) is 55.5 Å². The van der Waals surface area contributed by atoms with E-state index in [0.717, 1.165) is 12.8 Å². The first-order valence-corrected chi connectivity index (χ1v) is 7.40. The third-order valence-electron chi connectivity index (χ3n) is 2.69. The van der Waals surface area contributed by atoms with Crippen molar-refractivity contribution in [3.63, 3.8) is 0 Å². The van der Waals surface area contributed by atoms with E-state index >= 15 is 0 Å². The number of rotatable bonds is 3. The fraction of sp³-hybridized carbons (Fsp3) is 1.00. The number of halogens is 1. The molecular formula is C8H17BrN2O2S. The molecule has 0 aliphatic carbocycles. The van der Waals surface area contributed by atoms with Crippen molar-refractivity contribution in [1.82, 2.24) is 9.21 Å². The van der Waals surface area contributed by atoms with E-state index < -0.39 is 10.0 Å². The van der Waals surface area contributed by atoms with Crippen molar-refractivity contribution in [2.45, 2.75) is 18.9 Å². The van der Waals surface area contributed by atoms with Crippen LogP contribution in [0.15, 0.2) is 0 Å². The molecule has 0 unspecified atom stereocenters. The second-order valence-electron chi connectivity index (χ2n) is 3.81. The Hall–Kier alpha value is 0.350. The van der Waals surface area contributed by atoms with Gasteiger partial charge in [-0.1, -0.05) is 15.9 Å². The van der Waals surface area contributed by atoms with Gasteiger partial charge in [-0.3, -0.25) is 0 Å². The van der Waals surface area contributed by atoms with Gasteiger partial charge < -0.3 is 4.90 Å². The van der Waals surface area contributed by atoms with Crippen LogP contribution in [-0.2, 0) is 10.0 Å². The molecule has 14 heavy (non-hydrogen) atoms. The number of sulfonamides is 1. The third kappa shape index (κ3) is 2.92. The van der Waals surface area contributed by atoms with Gasteiger partial charge >= 0.3 is 0 Å². The van der Waals surface area contributed by atoms with Gasteiger partial charge in [0.05, 0.1) is 0 Å². The first-order chi connectivity index (χ1) is 6.47. The first kappa shape index (κ1) is 12.4. The number of nitrogens with zero attached hydrogens (tertiary/aromatic N) is 2. The Bertz CT molecular complexity index is 271. The predicted octanol–water partition coefficient (Wildman–Crippen LogP) is 0.695. The van der Waals surface area contributed by atoms with Gasteiger partial charge in [0.25, 0.3) is 0 Å². The lowest BCUT2D eigenvalue weighted by Crippen LogP contribution is -2.44. The lowest BCUT2D eigenvalue weighted by molar-refractivity contribution is 0.197. The van der Waals surface area contributed by atoms with Crippen LogP contribution in [0.4, 0.5) is 0 Å². The molecular weight excluding hydrogens is 268 g/mol. The largest absolute Gasteiger partial charge is 0.306 e. The summed E-state index contributed by atoms with van der Waals surface area (Å²) in [5.74, 6) is 0. The van der Waals surface area contributed by atoms with Crippen LogP contribution in [0.25, 0.3) is 0 Å². The topological polar surface area (TPSA) is 40.6 Å². The minimum atomic E-state index is -3.04. The standard InChI is InChI=1S/C8H17BrN2O2S/c1-10(2)8-3-5-11(6-4-8)14(12,13)7-9/h8H,3-7H2,1-2H3. The molecule has 0 aromatic heterocycles. The molecule has 0 N–H and O–H groups in total. The summed E-state index contributed by atoms with van der Waals surface area (Å²) >= 11 is 3.01. The predicted molar refractivity (Wildman–Crippen MR) is 61.0 cm³/mol.